The highest BCUT2D eigenvalue weighted by Crippen LogP contribution is 2.35. The summed E-state index contributed by atoms with van der Waals surface area (Å²) in [6.07, 6.45) is -1.94. The number of hydrogen-bond donors (Lipinski definition) is 0. The molecule has 82 valence electrons. The van der Waals surface area contributed by atoms with E-state index in [9.17, 15) is 18.9 Å². The van der Waals surface area contributed by atoms with E-state index in [1.165, 1.54) is 7.11 Å². The lowest BCUT2D eigenvalue weighted by Gasteiger charge is -2.06. The predicted octanol–water partition coefficient (Wildman–Crippen LogP) is 2.54. The zero-order valence-electron chi connectivity index (χ0n) is 7.41. The lowest BCUT2D eigenvalue weighted by Crippen LogP contribution is -2.03. The molecule has 0 bridgehead atoms. The summed E-state index contributed by atoms with van der Waals surface area (Å²) in [6, 6.07) is 0. The van der Waals surface area contributed by atoms with Crippen molar-refractivity contribution >= 4 is 28.3 Å². The van der Waals surface area contributed by atoms with Crippen molar-refractivity contribution in [2.75, 3.05) is 7.11 Å². The molecule has 0 aliphatic heterocycles. The highest BCUT2D eigenvalue weighted by Gasteiger charge is 2.28. The molecule has 0 aromatic carbocycles. The molecule has 1 aromatic rings. The molecule has 0 amide bonds. The minimum Gasteiger partial charge on any atom is -0.494 e. The fraction of sp³-hybridized carbons (Fsp3) is 0.286. The summed E-state index contributed by atoms with van der Waals surface area (Å²) < 4.78 is 29.6. The maximum absolute atomic E-state index is 12.4. The lowest BCUT2D eigenvalue weighted by atomic mass is 10.3. The van der Waals surface area contributed by atoms with Gasteiger partial charge in [0.25, 0.3) is 6.43 Å². The molecule has 0 radical (unpaired) electrons. The van der Waals surface area contributed by atoms with Crippen LogP contribution >= 0.6 is 22.6 Å². The zero-order valence-corrected chi connectivity index (χ0v) is 9.57. The normalized spacial score (nSPS) is 10.5. The Bertz CT molecular complexity index is 400. The van der Waals surface area contributed by atoms with Crippen LogP contribution in [0, 0.1) is 13.7 Å². The zero-order chi connectivity index (χ0) is 11.6. The van der Waals surface area contributed by atoms with Crippen LogP contribution in [-0.2, 0) is 0 Å². The number of halogens is 3. The summed E-state index contributed by atoms with van der Waals surface area (Å²) in [5, 5.41) is 10.6. The number of hydrogen-bond acceptors (Lipinski definition) is 4. The molecule has 0 saturated heterocycles. The Kier molecular flexibility index (Phi) is 3.72. The van der Waals surface area contributed by atoms with Crippen LogP contribution in [0.2, 0.25) is 0 Å². The summed E-state index contributed by atoms with van der Waals surface area (Å²) in [7, 11) is 1.28. The summed E-state index contributed by atoms with van der Waals surface area (Å²) >= 11 is 1.58. The van der Waals surface area contributed by atoms with Gasteiger partial charge in [0, 0.05) is 0 Å². The number of methoxy groups -OCH3 is 1. The summed E-state index contributed by atoms with van der Waals surface area (Å²) in [5.74, 6) is 0.103. The van der Waals surface area contributed by atoms with Gasteiger partial charge in [0.1, 0.15) is 3.57 Å². The third-order valence-corrected chi connectivity index (χ3v) is 2.64. The Labute approximate surface area is 96.7 Å². The smallest absolute Gasteiger partial charge is 0.313 e. The molecule has 0 atom stereocenters. The van der Waals surface area contributed by atoms with Crippen LogP contribution < -0.4 is 4.74 Å². The van der Waals surface area contributed by atoms with Gasteiger partial charge in [-0.15, -0.1) is 0 Å². The van der Waals surface area contributed by atoms with Crippen LogP contribution in [0.25, 0.3) is 0 Å². The highest BCUT2D eigenvalue weighted by molar-refractivity contribution is 14.1. The van der Waals surface area contributed by atoms with E-state index < -0.39 is 22.7 Å². The van der Waals surface area contributed by atoms with Crippen LogP contribution in [0.3, 0.4) is 0 Å². The number of aromatic nitrogens is 1. The van der Waals surface area contributed by atoms with E-state index in [0.717, 1.165) is 6.20 Å². The van der Waals surface area contributed by atoms with Crippen LogP contribution in [0.4, 0.5) is 14.5 Å². The molecule has 1 heterocycles. The van der Waals surface area contributed by atoms with E-state index in [1.807, 2.05) is 0 Å². The van der Waals surface area contributed by atoms with Gasteiger partial charge in [-0.3, -0.25) is 10.1 Å². The average molecular weight is 330 g/mol. The van der Waals surface area contributed by atoms with Gasteiger partial charge in [-0.1, -0.05) is 0 Å². The summed E-state index contributed by atoms with van der Waals surface area (Å²) in [4.78, 5) is 13.0. The molecule has 0 aliphatic carbocycles. The van der Waals surface area contributed by atoms with Crippen molar-refractivity contribution in [3.63, 3.8) is 0 Å². The fourth-order valence-corrected chi connectivity index (χ4v) is 1.78. The number of nitro groups is 1. The van der Waals surface area contributed by atoms with Gasteiger partial charge in [-0.05, 0) is 22.6 Å². The molecule has 8 heteroatoms. The van der Waals surface area contributed by atoms with Crippen LogP contribution in [-0.4, -0.2) is 17.0 Å². The van der Waals surface area contributed by atoms with Crippen molar-refractivity contribution in [1.29, 1.82) is 0 Å². The molecule has 0 spiro atoms. The Morgan fingerprint density at radius 2 is 2.27 bits per heavy atom. The van der Waals surface area contributed by atoms with Crippen molar-refractivity contribution in [3.05, 3.63) is 25.6 Å². The molecule has 5 nitrogen and oxygen atoms in total. The van der Waals surface area contributed by atoms with E-state index in [1.54, 1.807) is 22.6 Å². The third-order valence-electron chi connectivity index (χ3n) is 1.60. The van der Waals surface area contributed by atoms with Crippen molar-refractivity contribution in [2.24, 2.45) is 0 Å². The van der Waals surface area contributed by atoms with Gasteiger partial charge in [0.15, 0.2) is 11.4 Å². The minimum atomic E-state index is -2.98. The Hall–Kier alpha value is -1.06. The standard InChI is InChI=1S/C7H5F2IN2O3/c1-15-3-2-11-5(7(8)9)6(4(3)10)12(13)14/h2,7H,1H3. The average Bonchev–Trinajstić information content (AvgIpc) is 2.16. The first-order chi connectivity index (χ1) is 6.99. The van der Waals surface area contributed by atoms with Gasteiger partial charge in [-0.2, -0.15) is 0 Å². The number of alkyl halides is 2. The van der Waals surface area contributed by atoms with Crippen molar-refractivity contribution in [2.45, 2.75) is 6.43 Å². The van der Waals surface area contributed by atoms with E-state index in [0.29, 0.717) is 0 Å². The molecule has 15 heavy (non-hydrogen) atoms. The largest absolute Gasteiger partial charge is 0.494 e. The quantitative estimate of drug-likeness (QED) is 0.485. The monoisotopic (exact) mass is 330 g/mol. The Morgan fingerprint density at radius 1 is 1.67 bits per heavy atom. The maximum atomic E-state index is 12.4. The van der Waals surface area contributed by atoms with Crippen LogP contribution in [0.5, 0.6) is 5.75 Å². The van der Waals surface area contributed by atoms with E-state index >= 15 is 0 Å². The number of pyridine rings is 1. The van der Waals surface area contributed by atoms with Crippen LogP contribution in [0.1, 0.15) is 12.1 Å². The second kappa shape index (κ2) is 4.64. The van der Waals surface area contributed by atoms with Gasteiger partial charge in [-0.25, -0.2) is 13.8 Å². The molecule has 0 aliphatic rings. The first-order valence-corrected chi connectivity index (χ1v) is 4.71. The van der Waals surface area contributed by atoms with Crippen molar-refractivity contribution in [3.8, 4) is 5.75 Å². The molecule has 0 fully saturated rings. The van der Waals surface area contributed by atoms with Gasteiger partial charge in [0.05, 0.1) is 18.2 Å². The fourth-order valence-electron chi connectivity index (χ4n) is 0.951. The maximum Gasteiger partial charge on any atom is 0.313 e. The predicted molar refractivity (Wildman–Crippen MR) is 55.1 cm³/mol. The van der Waals surface area contributed by atoms with Crippen molar-refractivity contribution < 1.29 is 18.4 Å². The second-order valence-corrected chi connectivity index (χ2v) is 3.51. The van der Waals surface area contributed by atoms with Gasteiger partial charge >= 0.3 is 5.69 Å². The second-order valence-electron chi connectivity index (χ2n) is 2.43. The number of ether oxygens (including phenoxy) is 1. The third kappa shape index (κ3) is 2.30. The molecule has 1 rings (SSSR count). The molecule has 1 aromatic heterocycles. The van der Waals surface area contributed by atoms with Crippen LogP contribution in [0.15, 0.2) is 6.20 Å². The SMILES string of the molecule is COc1cnc(C(F)F)c([N+](=O)[O-])c1I. The Morgan fingerprint density at radius 3 is 2.67 bits per heavy atom. The number of rotatable bonds is 3. The van der Waals surface area contributed by atoms with E-state index in [2.05, 4.69) is 4.98 Å². The molecular weight excluding hydrogens is 325 g/mol. The lowest BCUT2D eigenvalue weighted by molar-refractivity contribution is -0.387. The molecule has 0 unspecified atom stereocenters. The van der Waals surface area contributed by atoms with E-state index in [4.69, 9.17) is 4.74 Å². The summed E-state index contributed by atoms with van der Waals surface area (Å²) in [6.45, 7) is 0. The van der Waals surface area contributed by atoms with Gasteiger partial charge < -0.3 is 4.74 Å². The van der Waals surface area contributed by atoms with E-state index in [-0.39, 0.29) is 9.32 Å². The van der Waals surface area contributed by atoms with Gasteiger partial charge in [0.2, 0.25) is 0 Å². The highest BCUT2D eigenvalue weighted by atomic mass is 127. The molecule has 0 saturated carbocycles. The topological polar surface area (TPSA) is 65.3 Å². The number of nitrogens with zero attached hydrogens (tertiary/aromatic N) is 2. The first-order valence-electron chi connectivity index (χ1n) is 3.64. The first kappa shape index (κ1) is 12.0. The Balaban J connectivity index is 3.44. The molecular formula is C7H5F2IN2O3. The summed E-state index contributed by atoms with van der Waals surface area (Å²) in [5.41, 5.74) is -1.55. The molecule has 0 N–H and O–H groups in total. The minimum absolute atomic E-state index is 0.0189. The van der Waals surface area contributed by atoms with Crippen molar-refractivity contribution in [1.82, 2.24) is 4.98 Å².